The van der Waals surface area contributed by atoms with Gasteiger partial charge in [-0.15, -0.1) is 26.3 Å². The minimum atomic E-state index is -0.245. The van der Waals surface area contributed by atoms with Gasteiger partial charge >= 0.3 is 5.97 Å². The molecule has 4 heteroatoms. The Hall–Kier alpha value is -1.94. The van der Waals surface area contributed by atoms with Crippen LogP contribution in [0.1, 0.15) is 52.4 Å². The summed E-state index contributed by atoms with van der Waals surface area (Å²) in [6.07, 6.45) is 14.7. The van der Waals surface area contributed by atoms with Crippen molar-refractivity contribution in [1.29, 1.82) is 0 Å². The lowest BCUT2D eigenvalue weighted by Crippen LogP contribution is -2.16. The van der Waals surface area contributed by atoms with Crippen LogP contribution >= 0.6 is 0 Å². The summed E-state index contributed by atoms with van der Waals surface area (Å²) in [7, 11) is 1.35. The van der Waals surface area contributed by atoms with E-state index in [4.69, 9.17) is 5.73 Å². The number of esters is 1. The van der Waals surface area contributed by atoms with Crippen LogP contribution in [0.25, 0.3) is 0 Å². The van der Waals surface area contributed by atoms with Gasteiger partial charge in [-0.2, -0.15) is 0 Å². The summed E-state index contributed by atoms with van der Waals surface area (Å²) in [6, 6.07) is 0. The molecular weight excluding hydrogens is 374 g/mol. The molecule has 6 unspecified atom stereocenters. The highest BCUT2D eigenvalue weighted by molar-refractivity contribution is 5.75. The quantitative estimate of drug-likeness (QED) is 0.418. The third-order valence-corrected chi connectivity index (χ3v) is 6.30. The predicted octanol–water partition coefficient (Wildman–Crippen LogP) is 5.51. The maximum atomic E-state index is 10.9. The second-order valence-electron chi connectivity index (χ2n) is 8.43. The fourth-order valence-corrected chi connectivity index (χ4v) is 4.36. The summed E-state index contributed by atoms with van der Waals surface area (Å²) in [5, 5.41) is 0. The Morgan fingerprint density at radius 1 is 0.867 bits per heavy atom. The van der Waals surface area contributed by atoms with E-state index in [1.807, 2.05) is 24.3 Å². The van der Waals surface area contributed by atoms with Crippen LogP contribution in [0.3, 0.4) is 0 Å². The average molecular weight is 418 g/mol. The van der Waals surface area contributed by atoms with Crippen LogP contribution in [0, 0.1) is 35.5 Å². The van der Waals surface area contributed by atoms with Gasteiger partial charge in [-0.25, -0.2) is 0 Å². The molecular formula is C26H43NO3. The first-order chi connectivity index (χ1) is 14.3. The third kappa shape index (κ3) is 10.7. The van der Waals surface area contributed by atoms with Crippen molar-refractivity contribution in [1.82, 2.24) is 0 Å². The lowest BCUT2D eigenvalue weighted by molar-refractivity contribution is -0.137. The van der Waals surface area contributed by atoms with Gasteiger partial charge in [-0.1, -0.05) is 24.3 Å². The Kier molecular flexibility index (Phi) is 14.8. The number of hydrogen-bond acceptors (Lipinski definition) is 4. The topological polar surface area (TPSA) is 69.4 Å². The number of carbonyl (C=O) groups is 2. The molecule has 2 fully saturated rings. The SMILES string of the molecule is C=CC1CC(C=C)C(CCC(C)=O)C1.C=CC1CC(C=C)C(CN)C1.COC(C)=O. The second kappa shape index (κ2) is 15.8. The smallest absolute Gasteiger partial charge is 0.302 e. The summed E-state index contributed by atoms with van der Waals surface area (Å²) in [5.41, 5.74) is 5.63. The molecule has 0 aromatic carbocycles. The van der Waals surface area contributed by atoms with Crippen molar-refractivity contribution >= 4 is 11.8 Å². The average Bonchev–Trinajstić information content (AvgIpc) is 3.35. The molecule has 0 amide bonds. The maximum absolute atomic E-state index is 10.9. The van der Waals surface area contributed by atoms with Crippen LogP contribution in [0.5, 0.6) is 0 Å². The molecule has 30 heavy (non-hydrogen) atoms. The van der Waals surface area contributed by atoms with E-state index in [1.165, 1.54) is 39.7 Å². The zero-order valence-electron chi connectivity index (χ0n) is 19.4. The zero-order chi connectivity index (χ0) is 23.1. The molecule has 0 aliphatic heterocycles. The lowest BCUT2D eigenvalue weighted by Gasteiger charge is -2.14. The van der Waals surface area contributed by atoms with Crippen molar-refractivity contribution in [3.63, 3.8) is 0 Å². The normalized spacial score (nSPS) is 29.3. The van der Waals surface area contributed by atoms with Crippen molar-refractivity contribution in [2.24, 2.45) is 41.2 Å². The number of methoxy groups -OCH3 is 1. The van der Waals surface area contributed by atoms with Gasteiger partial charge in [0.25, 0.3) is 0 Å². The first kappa shape index (κ1) is 28.1. The molecule has 170 valence electrons. The van der Waals surface area contributed by atoms with Crippen molar-refractivity contribution in [3.05, 3.63) is 50.6 Å². The summed E-state index contributed by atoms with van der Waals surface area (Å²) in [5.74, 6) is 3.89. The standard InChI is InChI=1S/C13H20O.C10H17N.C3H6O2/c1-4-11-8-12(5-2)13(9-11)7-6-10(3)14;1-3-8-5-9(4-2)10(6-8)7-11;1-3(4)5-2/h4-5,11-13H,1-2,6-9H2,3H3;3-4,8-10H,1-2,5-7,11H2;1-2H3. The van der Waals surface area contributed by atoms with E-state index < -0.39 is 0 Å². The molecule has 2 aliphatic carbocycles. The fraction of sp³-hybridized carbons (Fsp3) is 0.615. The van der Waals surface area contributed by atoms with Crippen LogP contribution in [-0.4, -0.2) is 25.4 Å². The first-order valence-electron chi connectivity index (χ1n) is 11.0. The van der Waals surface area contributed by atoms with Crippen molar-refractivity contribution in [3.8, 4) is 0 Å². The largest absolute Gasteiger partial charge is 0.469 e. The number of carbonyl (C=O) groups excluding carboxylic acids is 2. The van der Waals surface area contributed by atoms with Gasteiger partial charge in [0.05, 0.1) is 7.11 Å². The molecule has 0 saturated heterocycles. The summed E-state index contributed by atoms with van der Waals surface area (Å²) in [4.78, 5) is 20.5. The van der Waals surface area contributed by atoms with Gasteiger partial charge in [0.2, 0.25) is 0 Å². The molecule has 0 aromatic heterocycles. The van der Waals surface area contributed by atoms with Crippen LogP contribution in [-0.2, 0) is 14.3 Å². The Balaban J connectivity index is 0.000000468. The van der Waals surface area contributed by atoms with E-state index in [0.29, 0.717) is 41.3 Å². The van der Waals surface area contributed by atoms with Crippen molar-refractivity contribution < 1.29 is 14.3 Å². The maximum Gasteiger partial charge on any atom is 0.302 e. The fourth-order valence-electron chi connectivity index (χ4n) is 4.36. The number of rotatable bonds is 8. The first-order valence-corrected chi connectivity index (χ1v) is 11.0. The highest BCUT2D eigenvalue weighted by atomic mass is 16.5. The predicted molar refractivity (Wildman–Crippen MR) is 127 cm³/mol. The third-order valence-electron chi connectivity index (χ3n) is 6.30. The zero-order valence-corrected chi connectivity index (χ0v) is 19.4. The van der Waals surface area contributed by atoms with E-state index in [-0.39, 0.29) is 5.97 Å². The minimum absolute atomic E-state index is 0.245. The van der Waals surface area contributed by atoms with Crippen molar-refractivity contribution in [2.75, 3.05) is 13.7 Å². The van der Waals surface area contributed by atoms with Gasteiger partial charge in [0.1, 0.15) is 5.78 Å². The number of hydrogen-bond donors (Lipinski definition) is 1. The molecule has 0 heterocycles. The number of nitrogens with two attached hydrogens (primary N) is 1. The monoisotopic (exact) mass is 417 g/mol. The van der Waals surface area contributed by atoms with E-state index in [2.05, 4.69) is 31.1 Å². The van der Waals surface area contributed by atoms with E-state index in [9.17, 15) is 9.59 Å². The van der Waals surface area contributed by atoms with Crippen molar-refractivity contribution in [2.45, 2.75) is 52.4 Å². The summed E-state index contributed by atoms with van der Waals surface area (Å²) >= 11 is 0. The molecule has 4 nitrogen and oxygen atoms in total. The molecule has 2 rings (SSSR count). The van der Waals surface area contributed by atoms with Gasteiger partial charge in [-0.3, -0.25) is 4.79 Å². The lowest BCUT2D eigenvalue weighted by atomic mass is 9.91. The molecule has 0 spiro atoms. The van der Waals surface area contributed by atoms with Crippen LogP contribution in [0.4, 0.5) is 0 Å². The highest BCUT2D eigenvalue weighted by Gasteiger charge is 2.30. The Bertz CT molecular complexity index is 569. The highest BCUT2D eigenvalue weighted by Crippen LogP contribution is 2.40. The van der Waals surface area contributed by atoms with Gasteiger partial charge < -0.3 is 15.3 Å². The Morgan fingerprint density at radius 2 is 1.30 bits per heavy atom. The molecule has 0 radical (unpaired) electrons. The molecule has 2 saturated carbocycles. The molecule has 0 bridgehead atoms. The van der Waals surface area contributed by atoms with E-state index in [1.54, 1.807) is 6.92 Å². The number of allylic oxidation sites excluding steroid dienone is 4. The van der Waals surface area contributed by atoms with Crippen LogP contribution < -0.4 is 5.73 Å². The molecule has 2 aliphatic rings. The van der Waals surface area contributed by atoms with Gasteiger partial charge in [0, 0.05) is 13.3 Å². The molecule has 0 aromatic rings. The Labute approximate surface area is 184 Å². The number of ether oxygens (including phenoxy) is 1. The van der Waals surface area contributed by atoms with Crippen LogP contribution in [0.2, 0.25) is 0 Å². The Morgan fingerprint density at radius 3 is 1.60 bits per heavy atom. The number of Topliss-reactive ketones (excluding diaryl/α,β-unsaturated/α-hetero) is 1. The molecule has 2 N–H and O–H groups in total. The number of ketones is 1. The molecule has 6 atom stereocenters. The van der Waals surface area contributed by atoms with Crippen LogP contribution in [0.15, 0.2) is 50.6 Å². The second-order valence-corrected chi connectivity index (χ2v) is 8.43. The van der Waals surface area contributed by atoms with E-state index >= 15 is 0 Å². The summed E-state index contributed by atoms with van der Waals surface area (Å²) in [6.45, 7) is 19.2. The van der Waals surface area contributed by atoms with E-state index in [0.717, 1.165) is 19.4 Å². The van der Waals surface area contributed by atoms with Gasteiger partial charge in [0.15, 0.2) is 0 Å². The minimum Gasteiger partial charge on any atom is -0.469 e. The van der Waals surface area contributed by atoms with Gasteiger partial charge in [-0.05, 0) is 81.1 Å². The summed E-state index contributed by atoms with van der Waals surface area (Å²) < 4.78 is 4.11.